The number of rotatable bonds is 8. The zero-order valence-corrected chi connectivity index (χ0v) is 12.9. The highest BCUT2D eigenvalue weighted by Crippen LogP contribution is 2.16. The van der Waals surface area contributed by atoms with E-state index < -0.39 is 15.8 Å². The van der Waals surface area contributed by atoms with E-state index in [1.807, 2.05) is 18.9 Å². The highest BCUT2D eigenvalue weighted by Gasteiger charge is 2.19. The first-order valence-electron chi connectivity index (χ1n) is 6.52. The molecule has 0 aliphatic rings. The Balaban J connectivity index is 2.83. The van der Waals surface area contributed by atoms with E-state index in [-0.39, 0.29) is 11.4 Å². The van der Waals surface area contributed by atoms with Crippen LogP contribution in [0.15, 0.2) is 23.1 Å². The van der Waals surface area contributed by atoms with Gasteiger partial charge in [-0.2, -0.15) is 0 Å². The molecule has 0 radical (unpaired) electrons. The van der Waals surface area contributed by atoms with Crippen LogP contribution in [-0.4, -0.2) is 47.0 Å². The molecule has 20 heavy (non-hydrogen) atoms. The molecule has 7 heteroatoms. The minimum atomic E-state index is -3.82. The fourth-order valence-electron chi connectivity index (χ4n) is 1.67. The fourth-order valence-corrected chi connectivity index (χ4v) is 2.82. The van der Waals surface area contributed by atoms with Crippen molar-refractivity contribution in [3.63, 3.8) is 0 Å². The van der Waals surface area contributed by atoms with Crippen LogP contribution in [0.2, 0.25) is 0 Å². The molecule has 5 nitrogen and oxygen atoms in total. The first kappa shape index (κ1) is 17.0. The smallest absolute Gasteiger partial charge is 0.243 e. The van der Waals surface area contributed by atoms with Crippen LogP contribution in [0, 0.1) is 5.82 Å². The normalized spacial score (nSPS) is 12.1. The Morgan fingerprint density at radius 2 is 2.05 bits per heavy atom. The number of sulfonamides is 1. The molecule has 0 fully saturated rings. The summed E-state index contributed by atoms with van der Waals surface area (Å²) in [5.74, 6) is -0.735. The largest absolute Gasteiger partial charge is 0.316 e. The van der Waals surface area contributed by atoms with Crippen LogP contribution in [0.5, 0.6) is 0 Å². The van der Waals surface area contributed by atoms with Gasteiger partial charge in [0, 0.05) is 19.6 Å². The molecular formula is C13H22FN3O2S. The highest BCUT2D eigenvalue weighted by molar-refractivity contribution is 7.89. The van der Waals surface area contributed by atoms with Gasteiger partial charge in [0.05, 0.1) is 0 Å². The second kappa shape index (κ2) is 7.68. The minimum absolute atomic E-state index is 0.252. The van der Waals surface area contributed by atoms with Crippen LogP contribution in [0.1, 0.15) is 12.5 Å². The Hall–Kier alpha value is -1.02. The molecule has 2 N–H and O–H groups in total. The zero-order valence-electron chi connectivity index (χ0n) is 12.1. The molecule has 114 valence electrons. The summed E-state index contributed by atoms with van der Waals surface area (Å²) in [6.45, 7) is 4.13. The van der Waals surface area contributed by atoms with Crippen LogP contribution < -0.4 is 10.0 Å². The highest BCUT2D eigenvalue weighted by atomic mass is 32.2. The Kier molecular flexibility index (Phi) is 6.54. The molecule has 0 bridgehead atoms. The summed E-state index contributed by atoms with van der Waals surface area (Å²) >= 11 is 0. The Morgan fingerprint density at radius 3 is 2.65 bits per heavy atom. The molecule has 0 unspecified atom stereocenters. The van der Waals surface area contributed by atoms with Gasteiger partial charge in [-0.3, -0.25) is 0 Å². The SMILES string of the molecule is CCN(C)CCNS(=O)(=O)c1cc(CNC)ccc1F. The van der Waals surface area contributed by atoms with Crippen LogP contribution in [0.4, 0.5) is 4.39 Å². The van der Waals surface area contributed by atoms with E-state index in [2.05, 4.69) is 10.0 Å². The maximum atomic E-state index is 13.7. The van der Waals surface area contributed by atoms with E-state index >= 15 is 0 Å². The molecule has 0 aromatic heterocycles. The van der Waals surface area contributed by atoms with Crippen molar-refractivity contribution in [1.29, 1.82) is 0 Å². The van der Waals surface area contributed by atoms with Gasteiger partial charge in [-0.25, -0.2) is 17.5 Å². The number of hydrogen-bond acceptors (Lipinski definition) is 4. The van der Waals surface area contributed by atoms with Gasteiger partial charge in [-0.15, -0.1) is 0 Å². The Bertz CT molecular complexity index is 534. The first-order chi connectivity index (χ1) is 9.40. The van der Waals surface area contributed by atoms with Gasteiger partial charge in [0.15, 0.2) is 0 Å². The lowest BCUT2D eigenvalue weighted by atomic mass is 10.2. The molecule has 0 spiro atoms. The summed E-state index contributed by atoms with van der Waals surface area (Å²) in [5, 5.41) is 2.90. The second-order valence-corrected chi connectivity index (χ2v) is 6.32. The van der Waals surface area contributed by atoms with Gasteiger partial charge < -0.3 is 10.2 Å². The first-order valence-corrected chi connectivity index (χ1v) is 8.00. The minimum Gasteiger partial charge on any atom is -0.316 e. The molecule has 1 rings (SSSR count). The molecule has 0 heterocycles. The monoisotopic (exact) mass is 303 g/mol. The summed E-state index contributed by atoms with van der Waals surface area (Å²) in [6, 6.07) is 4.10. The van der Waals surface area contributed by atoms with Crippen molar-refractivity contribution in [2.45, 2.75) is 18.4 Å². The standard InChI is InChI=1S/C13H22FN3O2S/c1-4-17(3)8-7-16-20(18,19)13-9-11(10-15-2)5-6-12(13)14/h5-6,9,15-16H,4,7-8,10H2,1-3H3. The number of nitrogens with one attached hydrogen (secondary N) is 2. The summed E-state index contributed by atoms with van der Waals surface area (Å²) in [7, 11) is -0.177. The van der Waals surface area contributed by atoms with E-state index in [9.17, 15) is 12.8 Å². The molecule has 0 aliphatic heterocycles. The van der Waals surface area contributed by atoms with Crippen LogP contribution in [-0.2, 0) is 16.6 Å². The van der Waals surface area contributed by atoms with Gasteiger partial charge in [0.2, 0.25) is 10.0 Å². The third-order valence-corrected chi connectivity index (χ3v) is 4.47. The number of halogens is 1. The van der Waals surface area contributed by atoms with Crippen LogP contribution >= 0.6 is 0 Å². The second-order valence-electron chi connectivity index (χ2n) is 4.59. The summed E-state index contributed by atoms with van der Waals surface area (Å²) < 4.78 is 40.3. The van der Waals surface area contributed by atoms with E-state index in [4.69, 9.17) is 0 Å². The molecule has 1 aromatic rings. The molecule has 0 saturated carbocycles. The van der Waals surface area contributed by atoms with Crippen LogP contribution in [0.3, 0.4) is 0 Å². The van der Waals surface area contributed by atoms with Crippen molar-refractivity contribution < 1.29 is 12.8 Å². The maximum absolute atomic E-state index is 13.7. The van der Waals surface area contributed by atoms with Crippen molar-refractivity contribution in [2.75, 3.05) is 33.7 Å². The molecule has 0 atom stereocenters. The third kappa shape index (κ3) is 4.82. The Labute approximate surface area is 120 Å². The van der Waals surface area contributed by atoms with Gasteiger partial charge >= 0.3 is 0 Å². The summed E-state index contributed by atoms with van der Waals surface area (Å²) in [4.78, 5) is 1.67. The molecular weight excluding hydrogens is 281 g/mol. The molecule has 0 amide bonds. The fraction of sp³-hybridized carbons (Fsp3) is 0.538. The topological polar surface area (TPSA) is 61.4 Å². The van der Waals surface area contributed by atoms with Gasteiger partial charge in [-0.05, 0) is 38.3 Å². The lowest BCUT2D eigenvalue weighted by molar-refractivity contribution is 0.357. The van der Waals surface area contributed by atoms with Gasteiger partial charge in [0.25, 0.3) is 0 Å². The number of benzene rings is 1. The van der Waals surface area contributed by atoms with Crippen molar-refractivity contribution in [3.05, 3.63) is 29.6 Å². The van der Waals surface area contributed by atoms with Crippen molar-refractivity contribution in [2.24, 2.45) is 0 Å². The summed E-state index contributed by atoms with van der Waals surface area (Å²) in [6.07, 6.45) is 0. The van der Waals surface area contributed by atoms with Crippen molar-refractivity contribution in [1.82, 2.24) is 14.9 Å². The average molecular weight is 303 g/mol. The quantitative estimate of drug-likeness (QED) is 0.745. The van der Waals surface area contributed by atoms with E-state index in [1.165, 1.54) is 12.1 Å². The maximum Gasteiger partial charge on any atom is 0.243 e. The van der Waals surface area contributed by atoms with E-state index in [0.29, 0.717) is 13.1 Å². The van der Waals surface area contributed by atoms with Gasteiger partial charge in [-0.1, -0.05) is 13.0 Å². The summed E-state index contributed by atoms with van der Waals surface area (Å²) in [5.41, 5.74) is 0.722. The van der Waals surface area contributed by atoms with E-state index in [1.54, 1.807) is 13.1 Å². The predicted octanol–water partition coefficient (Wildman–Crippen LogP) is 0.775. The van der Waals surface area contributed by atoms with Gasteiger partial charge in [0.1, 0.15) is 10.7 Å². The molecule has 0 aliphatic carbocycles. The number of nitrogens with zero attached hydrogens (tertiary/aromatic N) is 1. The lowest BCUT2D eigenvalue weighted by Gasteiger charge is -2.14. The van der Waals surface area contributed by atoms with Crippen molar-refractivity contribution in [3.8, 4) is 0 Å². The van der Waals surface area contributed by atoms with Crippen molar-refractivity contribution >= 4 is 10.0 Å². The number of likely N-dealkylation sites (N-methyl/N-ethyl adjacent to an activating group) is 1. The Morgan fingerprint density at radius 1 is 1.35 bits per heavy atom. The predicted molar refractivity (Wildman–Crippen MR) is 77.5 cm³/mol. The molecule has 1 aromatic carbocycles. The average Bonchev–Trinajstić information content (AvgIpc) is 2.40. The lowest BCUT2D eigenvalue weighted by Crippen LogP contribution is -2.33. The number of hydrogen-bond donors (Lipinski definition) is 2. The zero-order chi connectivity index (χ0) is 15.2. The van der Waals surface area contributed by atoms with Crippen LogP contribution in [0.25, 0.3) is 0 Å². The third-order valence-electron chi connectivity index (χ3n) is 2.99. The molecule has 0 saturated heterocycles. The van der Waals surface area contributed by atoms with E-state index in [0.717, 1.165) is 12.1 Å².